The molecule has 2 aliphatic rings. The molecule has 0 radical (unpaired) electrons. The highest BCUT2D eigenvalue weighted by atomic mass is 16.5. The van der Waals surface area contributed by atoms with Crippen molar-refractivity contribution < 1.29 is 9.84 Å². The van der Waals surface area contributed by atoms with Gasteiger partial charge in [0.05, 0.1) is 13.2 Å². The summed E-state index contributed by atoms with van der Waals surface area (Å²) in [7, 11) is 0. The van der Waals surface area contributed by atoms with Gasteiger partial charge >= 0.3 is 0 Å². The minimum atomic E-state index is 0.113. The number of hydrogen-bond acceptors (Lipinski definition) is 4. The van der Waals surface area contributed by atoms with Gasteiger partial charge in [0, 0.05) is 31.4 Å². The molecule has 1 atom stereocenters. The number of piperidine rings is 1. The fourth-order valence-corrected chi connectivity index (χ4v) is 5.02. The first-order chi connectivity index (χ1) is 14.4. The summed E-state index contributed by atoms with van der Waals surface area (Å²) in [5, 5.41) is 9.26. The van der Waals surface area contributed by atoms with Gasteiger partial charge in [0.15, 0.2) is 0 Å². The van der Waals surface area contributed by atoms with E-state index in [4.69, 9.17) is 4.74 Å². The van der Waals surface area contributed by atoms with Crippen LogP contribution in [0.5, 0.6) is 0 Å². The molecule has 1 aromatic rings. The second kappa shape index (κ2) is 10.8. The van der Waals surface area contributed by atoms with E-state index in [1.807, 2.05) is 0 Å². The maximum atomic E-state index is 9.26. The first kappa shape index (κ1) is 23.3. The largest absolute Gasteiger partial charge is 0.396 e. The normalized spacial score (nSPS) is 20.2. The van der Waals surface area contributed by atoms with Crippen molar-refractivity contribution in [2.75, 3.05) is 50.9 Å². The zero-order chi connectivity index (χ0) is 21.6. The number of aliphatic hydroxyl groups excluding tert-OH is 1. The minimum absolute atomic E-state index is 0.113. The van der Waals surface area contributed by atoms with E-state index >= 15 is 0 Å². The summed E-state index contributed by atoms with van der Waals surface area (Å²) in [6.07, 6.45) is 6.97. The van der Waals surface area contributed by atoms with Crippen LogP contribution in [0.15, 0.2) is 35.9 Å². The molecule has 4 heteroatoms. The number of likely N-dealkylation sites (tertiary alicyclic amines) is 1. The van der Waals surface area contributed by atoms with Crippen LogP contribution in [0, 0.1) is 5.92 Å². The van der Waals surface area contributed by atoms with Gasteiger partial charge in [-0.3, -0.25) is 4.90 Å². The van der Waals surface area contributed by atoms with Gasteiger partial charge in [-0.25, -0.2) is 0 Å². The topological polar surface area (TPSA) is 35.9 Å². The number of morpholine rings is 1. The zero-order valence-corrected chi connectivity index (χ0v) is 19.6. The molecule has 2 fully saturated rings. The number of nitrogens with zero attached hydrogens (tertiary/aromatic N) is 2. The lowest BCUT2D eigenvalue weighted by atomic mass is 9.78. The van der Waals surface area contributed by atoms with Crippen LogP contribution in [-0.4, -0.2) is 62.0 Å². The summed E-state index contributed by atoms with van der Waals surface area (Å²) in [5.74, 6) is 0.694. The number of hydrogen-bond donors (Lipinski definition) is 1. The van der Waals surface area contributed by atoms with Gasteiger partial charge in [-0.05, 0) is 81.6 Å². The molecule has 2 aliphatic heterocycles. The van der Waals surface area contributed by atoms with Crippen molar-refractivity contribution in [1.29, 1.82) is 0 Å². The molecule has 0 aromatic heterocycles. The molecule has 0 bridgehead atoms. The van der Waals surface area contributed by atoms with E-state index in [2.05, 4.69) is 67.8 Å². The molecule has 1 unspecified atom stereocenters. The lowest BCUT2D eigenvalue weighted by Gasteiger charge is -2.40. The summed E-state index contributed by atoms with van der Waals surface area (Å²) < 4.78 is 5.49. The van der Waals surface area contributed by atoms with Gasteiger partial charge in [0.2, 0.25) is 0 Å². The van der Waals surface area contributed by atoms with Crippen molar-refractivity contribution in [3.8, 4) is 0 Å². The lowest BCUT2D eigenvalue weighted by molar-refractivity contribution is 0.122. The monoisotopic (exact) mass is 414 g/mol. The lowest BCUT2D eigenvalue weighted by Crippen LogP contribution is -2.43. The van der Waals surface area contributed by atoms with Crippen LogP contribution in [0.2, 0.25) is 0 Å². The van der Waals surface area contributed by atoms with E-state index in [1.54, 1.807) is 0 Å². The average molecular weight is 415 g/mol. The third kappa shape index (κ3) is 6.32. The Morgan fingerprint density at radius 2 is 1.73 bits per heavy atom. The highest BCUT2D eigenvalue weighted by Crippen LogP contribution is 2.33. The Morgan fingerprint density at radius 3 is 2.30 bits per heavy atom. The van der Waals surface area contributed by atoms with Crippen LogP contribution in [-0.2, 0) is 10.2 Å². The van der Waals surface area contributed by atoms with Crippen molar-refractivity contribution in [2.24, 2.45) is 5.92 Å². The van der Waals surface area contributed by atoms with Crippen molar-refractivity contribution in [2.45, 2.75) is 64.8 Å². The van der Waals surface area contributed by atoms with E-state index in [0.29, 0.717) is 18.6 Å². The third-order valence-corrected chi connectivity index (χ3v) is 6.93. The predicted octanol–water partition coefficient (Wildman–Crippen LogP) is 4.62. The molecule has 0 saturated carbocycles. The predicted molar refractivity (Wildman–Crippen MR) is 126 cm³/mol. The Balaban J connectivity index is 1.67. The number of anilines is 1. The summed E-state index contributed by atoms with van der Waals surface area (Å²) in [6, 6.07) is 9.71. The molecule has 1 aromatic carbocycles. The van der Waals surface area contributed by atoms with E-state index < -0.39 is 0 Å². The Bertz CT molecular complexity index is 665. The SMILES string of the molecule is CC(C)=CC(CC(C)(C)c1ccc(N2CCOCC2)cc1)N1CCC(CCO)CC1. The fraction of sp³-hybridized carbons (Fsp3) is 0.692. The maximum Gasteiger partial charge on any atom is 0.0642 e. The first-order valence-electron chi connectivity index (χ1n) is 11.8. The summed E-state index contributed by atoms with van der Waals surface area (Å²) in [5.41, 5.74) is 4.24. The fourth-order valence-electron chi connectivity index (χ4n) is 5.02. The number of aliphatic hydroxyl groups is 1. The zero-order valence-electron chi connectivity index (χ0n) is 19.6. The smallest absolute Gasteiger partial charge is 0.0642 e. The van der Waals surface area contributed by atoms with Crippen LogP contribution in [0.25, 0.3) is 0 Å². The number of ether oxygens (including phenoxy) is 1. The second-order valence-electron chi connectivity index (χ2n) is 10.0. The van der Waals surface area contributed by atoms with Crippen LogP contribution in [0.3, 0.4) is 0 Å². The van der Waals surface area contributed by atoms with E-state index in [9.17, 15) is 5.11 Å². The molecular formula is C26H42N2O2. The maximum absolute atomic E-state index is 9.26. The Hall–Kier alpha value is -1.36. The van der Waals surface area contributed by atoms with Crippen molar-refractivity contribution >= 4 is 5.69 Å². The Kier molecular flexibility index (Phi) is 8.38. The molecule has 0 aliphatic carbocycles. The summed E-state index contributed by atoms with van der Waals surface area (Å²) >= 11 is 0. The minimum Gasteiger partial charge on any atom is -0.396 e. The molecule has 4 nitrogen and oxygen atoms in total. The van der Waals surface area contributed by atoms with Crippen molar-refractivity contribution in [3.05, 3.63) is 41.5 Å². The highest BCUT2D eigenvalue weighted by Gasteiger charge is 2.30. The van der Waals surface area contributed by atoms with Crippen LogP contribution in [0.4, 0.5) is 5.69 Å². The molecule has 3 rings (SSSR count). The van der Waals surface area contributed by atoms with Gasteiger partial charge < -0.3 is 14.7 Å². The van der Waals surface area contributed by atoms with E-state index in [-0.39, 0.29) is 5.41 Å². The molecule has 0 spiro atoms. The molecule has 1 N–H and O–H groups in total. The van der Waals surface area contributed by atoms with Gasteiger partial charge in [-0.1, -0.05) is 37.6 Å². The molecule has 30 heavy (non-hydrogen) atoms. The Morgan fingerprint density at radius 1 is 1.10 bits per heavy atom. The van der Waals surface area contributed by atoms with Gasteiger partial charge in [-0.2, -0.15) is 0 Å². The number of benzene rings is 1. The van der Waals surface area contributed by atoms with E-state index in [1.165, 1.54) is 29.7 Å². The molecule has 2 saturated heterocycles. The summed E-state index contributed by atoms with van der Waals surface area (Å²) in [4.78, 5) is 5.09. The number of rotatable bonds is 8. The third-order valence-electron chi connectivity index (χ3n) is 6.93. The second-order valence-corrected chi connectivity index (χ2v) is 10.0. The standard InChI is InChI=1S/C26H42N2O2/c1-21(2)19-25(27-12-9-22(10-13-27)11-16-29)20-26(3,4)23-5-7-24(8-6-23)28-14-17-30-18-15-28/h5-8,19,22,25,29H,9-18,20H2,1-4H3. The average Bonchev–Trinajstić information content (AvgIpc) is 2.74. The van der Waals surface area contributed by atoms with Crippen LogP contribution >= 0.6 is 0 Å². The van der Waals surface area contributed by atoms with Gasteiger partial charge in [0.1, 0.15) is 0 Å². The van der Waals surface area contributed by atoms with Crippen molar-refractivity contribution in [3.63, 3.8) is 0 Å². The van der Waals surface area contributed by atoms with Crippen LogP contribution < -0.4 is 4.90 Å². The van der Waals surface area contributed by atoms with Crippen molar-refractivity contribution in [1.82, 2.24) is 4.90 Å². The Labute approximate surface area is 183 Å². The molecule has 168 valence electrons. The quantitative estimate of drug-likeness (QED) is 0.630. The van der Waals surface area contributed by atoms with Gasteiger partial charge in [0.25, 0.3) is 0 Å². The first-order valence-corrected chi connectivity index (χ1v) is 11.8. The molecule has 0 amide bonds. The van der Waals surface area contributed by atoms with Crippen LogP contribution in [0.1, 0.15) is 58.9 Å². The van der Waals surface area contributed by atoms with Gasteiger partial charge in [-0.15, -0.1) is 0 Å². The summed E-state index contributed by atoms with van der Waals surface area (Å²) in [6.45, 7) is 15.5. The number of allylic oxidation sites excluding steroid dienone is 1. The molecule has 2 heterocycles. The van der Waals surface area contributed by atoms with E-state index in [0.717, 1.165) is 52.2 Å². The highest BCUT2D eigenvalue weighted by molar-refractivity contribution is 5.49. The molecular weight excluding hydrogens is 372 g/mol.